The lowest BCUT2D eigenvalue weighted by molar-refractivity contribution is 0.613. The molecule has 2 atom stereocenters. The van der Waals surface area contributed by atoms with Crippen LogP contribution in [0.1, 0.15) is 61.8 Å². The molecule has 1 aromatic carbocycles. The summed E-state index contributed by atoms with van der Waals surface area (Å²) in [6.45, 7) is 8.48. The van der Waals surface area contributed by atoms with Crippen molar-refractivity contribution < 1.29 is 0 Å². The van der Waals surface area contributed by atoms with Crippen molar-refractivity contribution in [1.29, 1.82) is 5.26 Å². The highest BCUT2D eigenvalue weighted by Crippen LogP contribution is 2.32. The van der Waals surface area contributed by atoms with Crippen molar-refractivity contribution in [2.45, 2.75) is 58.6 Å². The highest BCUT2D eigenvalue weighted by molar-refractivity contribution is 9.15. The largest absolute Gasteiger partial charge is 0.192 e. The van der Waals surface area contributed by atoms with E-state index in [4.69, 9.17) is 5.26 Å². The number of nitriles is 1. The summed E-state index contributed by atoms with van der Waals surface area (Å²) in [5, 5.41) is 9.95. The van der Waals surface area contributed by atoms with Gasteiger partial charge in [0.25, 0.3) is 0 Å². The highest BCUT2D eigenvalue weighted by atomic mass is 79.9. The van der Waals surface area contributed by atoms with Gasteiger partial charge in [0.1, 0.15) is 0 Å². The first-order valence-corrected chi connectivity index (χ1v) is 10.4. The van der Waals surface area contributed by atoms with Crippen LogP contribution in [0.2, 0.25) is 0 Å². The molecule has 1 aliphatic rings. The van der Waals surface area contributed by atoms with E-state index in [1.165, 1.54) is 24.8 Å². The van der Waals surface area contributed by atoms with E-state index in [2.05, 4.69) is 61.2 Å². The molecule has 1 saturated carbocycles. The fourth-order valence-corrected chi connectivity index (χ4v) is 4.53. The number of hydrogen-bond acceptors (Lipinski definition) is 2. The molecule has 0 saturated heterocycles. The zero-order chi connectivity index (χ0) is 17.4. The summed E-state index contributed by atoms with van der Waals surface area (Å²) >= 11 is 5.57. The second-order valence-electron chi connectivity index (χ2n) is 6.33. The predicted octanol–water partition coefficient (Wildman–Crippen LogP) is 6.86. The molecule has 3 heteroatoms. The smallest absolute Gasteiger partial charge is 0.0994 e. The number of hydrogen-bond donors (Lipinski definition) is 0. The molecule has 1 aliphatic carbocycles. The third-order valence-corrected chi connectivity index (χ3v) is 6.16. The van der Waals surface area contributed by atoms with Crippen LogP contribution in [0.5, 0.6) is 0 Å². The van der Waals surface area contributed by atoms with E-state index in [1.54, 1.807) is 0 Å². The van der Waals surface area contributed by atoms with E-state index in [1.807, 2.05) is 24.8 Å². The molecule has 0 bridgehead atoms. The van der Waals surface area contributed by atoms with Crippen molar-refractivity contribution in [3.05, 3.63) is 40.5 Å². The first-order valence-electron chi connectivity index (χ1n) is 8.33. The molecule has 0 spiro atoms. The lowest BCUT2D eigenvalue weighted by Crippen LogP contribution is -1.92. The zero-order valence-corrected chi connectivity index (χ0v) is 17.4. The van der Waals surface area contributed by atoms with Gasteiger partial charge in [0.15, 0.2) is 0 Å². The van der Waals surface area contributed by atoms with Gasteiger partial charge in [-0.1, -0.05) is 41.9 Å². The first-order chi connectivity index (χ1) is 10.9. The van der Waals surface area contributed by atoms with Gasteiger partial charge in [0, 0.05) is 9.73 Å². The molecule has 2 rings (SSSR count). The Morgan fingerprint density at radius 1 is 1.35 bits per heavy atom. The van der Waals surface area contributed by atoms with Gasteiger partial charge in [-0.2, -0.15) is 17.0 Å². The monoisotopic (exact) mass is 393 g/mol. The van der Waals surface area contributed by atoms with Gasteiger partial charge in [-0.15, -0.1) is 0 Å². The zero-order valence-electron chi connectivity index (χ0n) is 14.9. The molecule has 126 valence electrons. The minimum atomic E-state index is 0.747. The van der Waals surface area contributed by atoms with Gasteiger partial charge in [0.2, 0.25) is 0 Å². The molecule has 1 aromatic rings. The third kappa shape index (κ3) is 6.36. The average molecular weight is 394 g/mol. The van der Waals surface area contributed by atoms with Crippen molar-refractivity contribution in [3.63, 3.8) is 0 Å². The molecule has 1 fully saturated rings. The fraction of sp³-hybridized carbons (Fsp3) is 0.550. The second kappa shape index (κ2) is 10.2. The lowest BCUT2D eigenvalue weighted by Gasteiger charge is -2.07. The maximum Gasteiger partial charge on any atom is 0.0994 e. The molecule has 1 nitrogen and oxygen atoms in total. The van der Waals surface area contributed by atoms with Gasteiger partial charge >= 0.3 is 0 Å². The van der Waals surface area contributed by atoms with E-state index >= 15 is 0 Å². The Hall–Kier alpha value is -0.720. The highest BCUT2D eigenvalue weighted by Gasteiger charge is 2.19. The average Bonchev–Trinajstić information content (AvgIpc) is 2.94. The number of thioether (sulfide) groups is 1. The van der Waals surface area contributed by atoms with Crippen LogP contribution >= 0.6 is 27.7 Å². The summed E-state index contributed by atoms with van der Waals surface area (Å²) in [5.41, 5.74) is 4.09. The van der Waals surface area contributed by atoms with Gasteiger partial charge < -0.3 is 0 Å². The lowest BCUT2D eigenvalue weighted by atomic mass is 10.00. The van der Waals surface area contributed by atoms with Crippen LogP contribution in [0.3, 0.4) is 0 Å². The topological polar surface area (TPSA) is 23.8 Å². The van der Waals surface area contributed by atoms with Gasteiger partial charge in [-0.3, -0.25) is 0 Å². The Bertz CT molecular complexity index is 586. The van der Waals surface area contributed by atoms with Gasteiger partial charge in [-0.25, -0.2) is 0 Å². The van der Waals surface area contributed by atoms with Crippen LogP contribution in [0, 0.1) is 31.1 Å². The Morgan fingerprint density at radius 3 is 2.48 bits per heavy atom. The molecule has 0 radical (unpaired) electrons. The van der Waals surface area contributed by atoms with E-state index < -0.39 is 0 Å². The maximum atomic E-state index is 8.96. The van der Waals surface area contributed by atoms with Crippen LogP contribution in [0.15, 0.2) is 18.2 Å². The maximum absolute atomic E-state index is 8.96. The molecular weight excluding hydrogens is 366 g/mol. The number of nitrogens with zero attached hydrogens (tertiary/aromatic N) is 1. The van der Waals surface area contributed by atoms with E-state index in [0.29, 0.717) is 0 Å². The molecule has 0 N–H and O–H groups in total. The van der Waals surface area contributed by atoms with Gasteiger partial charge in [-0.05, 0) is 74.5 Å². The Morgan fingerprint density at radius 2 is 2.04 bits per heavy atom. The summed E-state index contributed by atoms with van der Waals surface area (Å²) in [6, 6.07) is 6.21. The Kier molecular flexibility index (Phi) is 9.02. The third-order valence-electron chi connectivity index (χ3n) is 4.31. The minimum absolute atomic E-state index is 0.747. The minimum Gasteiger partial charge on any atom is -0.192 e. The summed E-state index contributed by atoms with van der Waals surface area (Å²) in [7, 11) is 0. The summed E-state index contributed by atoms with van der Waals surface area (Å²) in [4.78, 5) is 0. The quantitative estimate of drug-likeness (QED) is 0.559. The Labute approximate surface area is 154 Å². The van der Waals surface area contributed by atoms with Crippen molar-refractivity contribution in [1.82, 2.24) is 0 Å². The molecule has 0 aliphatic heterocycles. The standard InChI is InChI=1S/C13H14BrN.C7H14S/c1-4-5-13(14)12-7-11(8-15)9(2)6-10(12)3;1-6-3-4-7(5-6)8-2/h5-7H,4H2,1-3H3;6-7H,3-5H2,1-2H3/b13-5+;. The Balaban J connectivity index is 0.000000277. The first kappa shape index (κ1) is 20.3. The van der Waals surface area contributed by atoms with Crippen LogP contribution < -0.4 is 0 Å². The number of rotatable bonds is 3. The SMILES string of the molecule is CC/C=C(/Br)c1cc(C#N)c(C)cc1C.CSC1CCC(C)C1. The van der Waals surface area contributed by atoms with Crippen LogP contribution in [0.4, 0.5) is 0 Å². The van der Waals surface area contributed by atoms with E-state index in [-0.39, 0.29) is 0 Å². The molecular formula is C20H28BrNS. The normalized spacial score (nSPS) is 20.7. The number of allylic oxidation sites excluding steroid dienone is 1. The van der Waals surface area contributed by atoms with Crippen molar-refractivity contribution >= 4 is 32.2 Å². The van der Waals surface area contributed by atoms with Crippen LogP contribution in [-0.2, 0) is 0 Å². The second-order valence-corrected chi connectivity index (χ2v) is 8.32. The molecule has 23 heavy (non-hydrogen) atoms. The van der Waals surface area contributed by atoms with E-state index in [0.717, 1.165) is 38.8 Å². The molecule has 0 amide bonds. The van der Waals surface area contributed by atoms with Crippen LogP contribution in [-0.4, -0.2) is 11.5 Å². The molecule has 0 heterocycles. The summed E-state index contributed by atoms with van der Waals surface area (Å²) in [5.74, 6) is 1.01. The molecule has 0 aromatic heterocycles. The van der Waals surface area contributed by atoms with Crippen molar-refractivity contribution in [2.24, 2.45) is 5.92 Å². The van der Waals surface area contributed by atoms with Crippen molar-refractivity contribution in [2.75, 3.05) is 6.26 Å². The van der Waals surface area contributed by atoms with Crippen LogP contribution in [0.25, 0.3) is 4.48 Å². The fourth-order valence-electron chi connectivity index (χ4n) is 2.89. The summed E-state index contributed by atoms with van der Waals surface area (Å²) < 4.78 is 1.07. The predicted molar refractivity (Wildman–Crippen MR) is 108 cm³/mol. The number of halogens is 1. The summed E-state index contributed by atoms with van der Waals surface area (Å²) in [6.07, 6.45) is 9.70. The molecule has 2 unspecified atom stereocenters. The van der Waals surface area contributed by atoms with E-state index in [9.17, 15) is 0 Å². The van der Waals surface area contributed by atoms with Gasteiger partial charge in [0.05, 0.1) is 11.6 Å². The van der Waals surface area contributed by atoms with Crippen molar-refractivity contribution in [3.8, 4) is 6.07 Å². The number of benzene rings is 1. The number of aryl methyl sites for hydroxylation is 2.